The second-order valence-electron chi connectivity index (χ2n) is 8.69. The van der Waals surface area contributed by atoms with Crippen molar-refractivity contribution in [3.8, 4) is 0 Å². The summed E-state index contributed by atoms with van der Waals surface area (Å²) in [7, 11) is 1.67. The van der Waals surface area contributed by atoms with Crippen molar-refractivity contribution in [3.63, 3.8) is 0 Å². The lowest BCUT2D eigenvalue weighted by Crippen LogP contribution is -2.32. The predicted molar refractivity (Wildman–Crippen MR) is 135 cm³/mol. The lowest BCUT2D eigenvalue weighted by molar-refractivity contribution is 0.148. The van der Waals surface area contributed by atoms with Crippen LogP contribution >= 0.6 is 11.3 Å². The number of thiophene rings is 1. The highest BCUT2D eigenvalue weighted by atomic mass is 32.1. The van der Waals surface area contributed by atoms with Crippen LogP contribution in [-0.2, 0) is 24.4 Å². The molecular weight excluding hydrogens is 448 g/mol. The summed E-state index contributed by atoms with van der Waals surface area (Å²) in [5.41, 5.74) is 3.93. The second kappa shape index (κ2) is 11.0. The zero-order chi connectivity index (χ0) is 24.1. The van der Waals surface area contributed by atoms with Crippen molar-refractivity contribution in [2.24, 2.45) is 0 Å². The number of hydrogen-bond donors (Lipinski definition) is 1. The minimum Gasteiger partial charge on any atom is -0.383 e. The normalized spacial score (nSPS) is 12.6. The molecule has 0 radical (unpaired) electrons. The summed E-state index contributed by atoms with van der Waals surface area (Å²) < 4.78 is 7.07. The molecule has 34 heavy (non-hydrogen) atoms. The van der Waals surface area contributed by atoms with Crippen molar-refractivity contribution in [3.05, 3.63) is 73.5 Å². The molecule has 1 aromatic carbocycles. The van der Waals surface area contributed by atoms with Crippen LogP contribution in [0.5, 0.6) is 0 Å². The van der Waals surface area contributed by atoms with Crippen LogP contribution < -0.4 is 5.56 Å². The van der Waals surface area contributed by atoms with Gasteiger partial charge in [-0.25, -0.2) is 4.68 Å². The van der Waals surface area contributed by atoms with Gasteiger partial charge < -0.3 is 9.72 Å². The van der Waals surface area contributed by atoms with Crippen LogP contribution in [0, 0.1) is 13.8 Å². The van der Waals surface area contributed by atoms with E-state index < -0.39 is 0 Å². The topological polar surface area (TPSA) is 88.9 Å². The molecule has 0 aliphatic heterocycles. The van der Waals surface area contributed by atoms with Crippen molar-refractivity contribution in [1.82, 2.24) is 30.1 Å². The molecule has 0 amide bonds. The Morgan fingerprint density at radius 2 is 2.03 bits per heavy atom. The Balaban J connectivity index is 1.73. The van der Waals surface area contributed by atoms with E-state index in [4.69, 9.17) is 4.74 Å². The van der Waals surface area contributed by atoms with E-state index >= 15 is 0 Å². The highest BCUT2D eigenvalue weighted by Gasteiger charge is 2.27. The quantitative estimate of drug-likeness (QED) is 0.343. The van der Waals surface area contributed by atoms with Gasteiger partial charge in [0.1, 0.15) is 0 Å². The van der Waals surface area contributed by atoms with E-state index in [1.54, 1.807) is 18.4 Å². The number of nitrogens with one attached hydrogen (secondary N) is 1. The van der Waals surface area contributed by atoms with Gasteiger partial charge in [-0.05, 0) is 76.9 Å². The third-order valence-corrected chi connectivity index (χ3v) is 7.08. The Morgan fingerprint density at radius 3 is 2.76 bits per heavy atom. The lowest BCUT2D eigenvalue weighted by Gasteiger charge is -2.30. The fourth-order valence-corrected chi connectivity index (χ4v) is 5.00. The number of pyridine rings is 1. The van der Waals surface area contributed by atoms with Crippen LogP contribution in [0.3, 0.4) is 0 Å². The first-order valence-corrected chi connectivity index (χ1v) is 12.5. The van der Waals surface area contributed by atoms with Gasteiger partial charge in [0, 0.05) is 36.2 Å². The number of hydrogen-bond acceptors (Lipinski definition) is 7. The first-order chi connectivity index (χ1) is 16.5. The average Bonchev–Trinajstić information content (AvgIpc) is 3.49. The van der Waals surface area contributed by atoms with Crippen molar-refractivity contribution < 1.29 is 4.74 Å². The number of fused-ring (bicyclic) bond motifs is 1. The summed E-state index contributed by atoms with van der Waals surface area (Å²) in [5, 5.41) is 15.7. The van der Waals surface area contributed by atoms with E-state index in [2.05, 4.69) is 69.8 Å². The van der Waals surface area contributed by atoms with E-state index in [1.807, 2.05) is 16.8 Å². The van der Waals surface area contributed by atoms with Crippen molar-refractivity contribution in [2.45, 2.75) is 59.3 Å². The van der Waals surface area contributed by atoms with Crippen LogP contribution in [0.2, 0.25) is 0 Å². The zero-order valence-corrected chi connectivity index (χ0v) is 21.1. The van der Waals surface area contributed by atoms with E-state index in [1.165, 1.54) is 16.0 Å². The van der Waals surface area contributed by atoms with Gasteiger partial charge in [0.2, 0.25) is 0 Å². The first-order valence-electron chi connectivity index (χ1n) is 11.6. The Bertz CT molecular complexity index is 1280. The summed E-state index contributed by atoms with van der Waals surface area (Å²) in [6.07, 6.45) is 1.85. The minimum absolute atomic E-state index is 0.0335. The molecule has 0 bridgehead atoms. The third-order valence-electron chi connectivity index (χ3n) is 6.22. The van der Waals surface area contributed by atoms with Crippen molar-refractivity contribution in [1.29, 1.82) is 0 Å². The SMILES string of the molecule is CCC[C@H](c1nnnn1CCOC)N(Cc1cccs1)Cc1cc2cc(C)c(C)cc2[nH]c1=O. The molecule has 0 fully saturated rings. The predicted octanol–water partition coefficient (Wildman–Crippen LogP) is 4.38. The minimum atomic E-state index is -0.0545. The molecule has 4 aromatic rings. The molecule has 0 aliphatic carbocycles. The lowest BCUT2D eigenvalue weighted by atomic mass is 10.0. The maximum absolute atomic E-state index is 13.1. The summed E-state index contributed by atoms with van der Waals surface area (Å²) in [4.78, 5) is 19.8. The van der Waals surface area contributed by atoms with Gasteiger partial charge in [0.05, 0.1) is 19.2 Å². The highest BCUT2D eigenvalue weighted by Crippen LogP contribution is 2.29. The molecule has 0 spiro atoms. The van der Waals surface area contributed by atoms with Gasteiger partial charge in [-0.1, -0.05) is 19.4 Å². The molecule has 0 aliphatic rings. The van der Waals surface area contributed by atoms with Crippen LogP contribution in [0.25, 0.3) is 10.9 Å². The second-order valence-corrected chi connectivity index (χ2v) is 9.72. The van der Waals surface area contributed by atoms with Gasteiger partial charge in [-0.15, -0.1) is 16.4 Å². The summed E-state index contributed by atoms with van der Waals surface area (Å²) >= 11 is 1.72. The number of tetrazole rings is 1. The van der Waals surface area contributed by atoms with Gasteiger partial charge in [-0.2, -0.15) is 0 Å². The highest BCUT2D eigenvalue weighted by molar-refractivity contribution is 7.09. The number of rotatable bonds is 11. The molecular formula is C25H32N6O2S. The fraction of sp³-hybridized carbons (Fsp3) is 0.440. The van der Waals surface area contributed by atoms with Crippen LogP contribution in [-0.4, -0.2) is 43.8 Å². The largest absolute Gasteiger partial charge is 0.383 e. The van der Waals surface area contributed by atoms with Crippen molar-refractivity contribution in [2.75, 3.05) is 13.7 Å². The molecule has 0 saturated heterocycles. The number of methoxy groups -OCH3 is 1. The Hall–Kier alpha value is -2.88. The zero-order valence-electron chi connectivity index (χ0n) is 20.2. The Kier molecular flexibility index (Phi) is 7.87. The number of nitrogens with zero attached hydrogens (tertiary/aromatic N) is 5. The summed E-state index contributed by atoms with van der Waals surface area (Å²) in [5.74, 6) is 0.805. The van der Waals surface area contributed by atoms with Gasteiger partial charge in [-0.3, -0.25) is 9.69 Å². The number of aryl methyl sites for hydroxylation is 2. The third kappa shape index (κ3) is 5.43. The molecule has 180 valence electrons. The van der Waals surface area contributed by atoms with E-state index in [9.17, 15) is 4.79 Å². The number of aromatic amines is 1. The molecule has 3 heterocycles. The summed E-state index contributed by atoms with van der Waals surface area (Å²) in [6.45, 7) is 8.65. The van der Waals surface area contributed by atoms with Gasteiger partial charge >= 0.3 is 0 Å². The van der Waals surface area contributed by atoms with E-state index in [0.29, 0.717) is 26.2 Å². The summed E-state index contributed by atoms with van der Waals surface area (Å²) in [6, 6.07) is 10.4. The average molecular weight is 481 g/mol. The Labute approximate surface area is 203 Å². The van der Waals surface area contributed by atoms with Crippen LogP contribution in [0.4, 0.5) is 0 Å². The number of benzene rings is 1. The van der Waals surface area contributed by atoms with E-state index in [0.717, 1.165) is 35.1 Å². The maximum atomic E-state index is 13.1. The first kappa shape index (κ1) is 24.3. The number of aromatic nitrogens is 5. The monoisotopic (exact) mass is 480 g/mol. The number of ether oxygens (including phenoxy) is 1. The molecule has 4 rings (SSSR count). The molecule has 1 atom stereocenters. The standard InChI is InChI=1S/C25H32N6O2S/c1-5-7-23(24-27-28-29-31(24)9-10-33-4)30(16-21-8-6-11-34-21)15-20-14-19-12-17(2)18(3)13-22(19)26-25(20)32/h6,8,11-14,23H,5,7,9-10,15-16H2,1-4H3,(H,26,32)/t23-/m1/s1. The maximum Gasteiger partial charge on any atom is 0.252 e. The van der Waals surface area contributed by atoms with Gasteiger partial charge in [0.25, 0.3) is 5.56 Å². The smallest absolute Gasteiger partial charge is 0.252 e. The molecule has 9 heteroatoms. The molecule has 0 saturated carbocycles. The molecule has 1 N–H and O–H groups in total. The fourth-order valence-electron chi connectivity index (χ4n) is 4.27. The van der Waals surface area contributed by atoms with Crippen LogP contribution in [0.1, 0.15) is 53.2 Å². The molecule has 8 nitrogen and oxygen atoms in total. The van der Waals surface area contributed by atoms with Gasteiger partial charge in [0.15, 0.2) is 5.82 Å². The Morgan fingerprint density at radius 1 is 1.21 bits per heavy atom. The van der Waals surface area contributed by atoms with E-state index in [-0.39, 0.29) is 11.6 Å². The van der Waals surface area contributed by atoms with Crippen LogP contribution in [0.15, 0.2) is 40.5 Å². The molecule has 0 unspecified atom stereocenters. The van der Waals surface area contributed by atoms with Crippen molar-refractivity contribution >= 4 is 22.2 Å². The molecule has 3 aromatic heterocycles. The number of H-pyrrole nitrogens is 1.